The van der Waals surface area contributed by atoms with E-state index in [-0.39, 0.29) is 0 Å². The normalized spacial score (nSPS) is 14.9. The highest BCUT2D eigenvalue weighted by Crippen LogP contribution is 2.38. The van der Waals surface area contributed by atoms with E-state index in [0.29, 0.717) is 6.04 Å². The van der Waals surface area contributed by atoms with E-state index in [2.05, 4.69) is 55.6 Å². The highest BCUT2D eigenvalue weighted by Gasteiger charge is 2.26. The number of rotatable bonds is 4. The van der Waals surface area contributed by atoms with Gasteiger partial charge in [-0.1, -0.05) is 6.07 Å². The average Bonchev–Trinajstić information content (AvgIpc) is 2.90. The van der Waals surface area contributed by atoms with Crippen LogP contribution in [-0.2, 0) is 6.42 Å². The van der Waals surface area contributed by atoms with Crippen molar-refractivity contribution in [2.75, 3.05) is 0 Å². The Balaban J connectivity index is 1.62. The van der Waals surface area contributed by atoms with E-state index in [9.17, 15) is 0 Å². The monoisotopic (exact) mass is 270 g/mol. The van der Waals surface area contributed by atoms with Crippen LogP contribution in [0.15, 0.2) is 35.8 Å². The van der Waals surface area contributed by atoms with Crippen LogP contribution in [0.1, 0.15) is 29.6 Å². The topological polar surface area (TPSA) is 46.5 Å². The van der Waals surface area contributed by atoms with Crippen molar-refractivity contribution in [3.8, 4) is 11.5 Å². The number of aromatic nitrogens is 4. The summed E-state index contributed by atoms with van der Waals surface area (Å²) in [6, 6.07) is 9.01. The third kappa shape index (κ3) is 2.10. The largest absolute Gasteiger partial charge is 0.342 e. The molecule has 3 aromatic rings. The summed E-state index contributed by atoms with van der Waals surface area (Å²) < 4.78 is 2.29. The molecule has 0 aromatic carbocycles. The van der Waals surface area contributed by atoms with Gasteiger partial charge in [-0.25, -0.2) is 4.98 Å². The summed E-state index contributed by atoms with van der Waals surface area (Å²) in [4.78, 5) is 5.92. The van der Waals surface area contributed by atoms with Crippen LogP contribution in [0.25, 0.3) is 11.5 Å². The molecule has 3 heterocycles. The lowest BCUT2D eigenvalue weighted by Gasteiger charge is -2.03. The third-order valence-electron chi connectivity index (χ3n) is 3.40. The van der Waals surface area contributed by atoms with E-state index in [1.807, 2.05) is 0 Å². The lowest BCUT2D eigenvalue weighted by atomic mass is 10.3. The number of nitrogens with one attached hydrogen (secondary N) is 1. The Labute approximate surface area is 115 Å². The van der Waals surface area contributed by atoms with Crippen molar-refractivity contribution < 1.29 is 0 Å². The molecular formula is C14H14N4S. The minimum absolute atomic E-state index is 0.657. The van der Waals surface area contributed by atoms with E-state index in [1.54, 1.807) is 11.3 Å². The number of hydrogen-bond donors (Lipinski definition) is 1. The first-order valence-electron chi connectivity index (χ1n) is 6.51. The SMILES string of the molecule is c1csc(Cc2nc(-c3cccn3C3CC3)n[nH]2)c1. The number of thiophene rings is 1. The van der Waals surface area contributed by atoms with Crippen molar-refractivity contribution in [1.29, 1.82) is 0 Å². The minimum atomic E-state index is 0.657. The Bertz CT molecular complexity index is 676. The summed E-state index contributed by atoms with van der Waals surface area (Å²) in [5, 5.41) is 9.50. The molecule has 1 aliphatic rings. The second kappa shape index (κ2) is 4.35. The van der Waals surface area contributed by atoms with Crippen LogP contribution in [0.4, 0.5) is 0 Å². The maximum atomic E-state index is 4.62. The minimum Gasteiger partial charge on any atom is -0.342 e. The van der Waals surface area contributed by atoms with Crippen molar-refractivity contribution in [3.05, 3.63) is 46.5 Å². The summed E-state index contributed by atoms with van der Waals surface area (Å²) in [6.07, 6.45) is 5.50. The van der Waals surface area contributed by atoms with E-state index in [1.165, 1.54) is 17.7 Å². The van der Waals surface area contributed by atoms with Crippen molar-refractivity contribution in [2.24, 2.45) is 0 Å². The predicted molar refractivity (Wildman–Crippen MR) is 75.2 cm³/mol. The Hall–Kier alpha value is -1.88. The van der Waals surface area contributed by atoms with Gasteiger partial charge in [-0.3, -0.25) is 5.10 Å². The molecular weight excluding hydrogens is 256 g/mol. The molecule has 1 saturated carbocycles. The molecule has 0 aliphatic heterocycles. The predicted octanol–water partition coefficient (Wildman–Crippen LogP) is 3.26. The fourth-order valence-electron chi connectivity index (χ4n) is 2.32. The molecule has 0 atom stereocenters. The molecule has 5 heteroatoms. The lowest BCUT2D eigenvalue weighted by Crippen LogP contribution is -1.95. The molecule has 96 valence electrons. The van der Waals surface area contributed by atoms with Crippen LogP contribution in [0.2, 0.25) is 0 Å². The molecule has 1 N–H and O–H groups in total. The average molecular weight is 270 g/mol. The fraction of sp³-hybridized carbons (Fsp3) is 0.286. The first-order valence-corrected chi connectivity index (χ1v) is 7.39. The summed E-state index contributed by atoms with van der Waals surface area (Å²) in [6.45, 7) is 0. The van der Waals surface area contributed by atoms with Crippen LogP contribution in [0, 0.1) is 0 Å². The molecule has 0 bridgehead atoms. The molecule has 0 saturated heterocycles. The molecule has 4 nitrogen and oxygen atoms in total. The molecule has 0 spiro atoms. The Morgan fingerprint density at radius 1 is 1.32 bits per heavy atom. The van der Waals surface area contributed by atoms with E-state index in [0.717, 1.165) is 23.8 Å². The lowest BCUT2D eigenvalue weighted by molar-refractivity contribution is 0.751. The first kappa shape index (κ1) is 11.0. The summed E-state index contributed by atoms with van der Waals surface area (Å²) in [5.74, 6) is 1.74. The van der Waals surface area contributed by atoms with E-state index >= 15 is 0 Å². The smallest absolute Gasteiger partial charge is 0.197 e. The Kier molecular flexibility index (Phi) is 2.51. The number of H-pyrrole nitrogens is 1. The fourth-order valence-corrected chi connectivity index (χ4v) is 3.03. The van der Waals surface area contributed by atoms with Crippen LogP contribution in [-0.4, -0.2) is 19.7 Å². The molecule has 0 radical (unpaired) electrons. The van der Waals surface area contributed by atoms with Gasteiger partial charge in [-0.15, -0.1) is 11.3 Å². The summed E-state index contributed by atoms with van der Waals surface area (Å²) in [7, 11) is 0. The molecule has 0 amide bonds. The Morgan fingerprint density at radius 3 is 3.05 bits per heavy atom. The van der Waals surface area contributed by atoms with Crippen LogP contribution < -0.4 is 0 Å². The van der Waals surface area contributed by atoms with Gasteiger partial charge >= 0.3 is 0 Å². The van der Waals surface area contributed by atoms with Gasteiger partial charge in [0.05, 0.1) is 5.69 Å². The molecule has 3 aromatic heterocycles. The van der Waals surface area contributed by atoms with Crippen molar-refractivity contribution >= 4 is 11.3 Å². The molecule has 0 unspecified atom stereocenters. The maximum Gasteiger partial charge on any atom is 0.197 e. The highest BCUT2D eigenvalue weighted by atomic mass is 32.1. The first-order chi connectivity index (χ1) is 9.40. The van der Waals surface area contributed by atoms with Gasteiger partial charge in [0, 0.05) is 23.5 Å². The van der Waals surface area contributed by atoms with Crippen LogP contribution >= 0.6 is 11.3 Å². The summed E-state index contributed by atoms with van der Waals surface area (Å²) >= 11 is 1.75. The van der Waals surface area contributed by atoms with Gasteiger partial charge in [-0.05, 0) is 36.4 Å². The second-order valence-electron chi connectivity index (χ2n) is 4.89. The van der Waals surface area contributed by atoms with Gasteiger partial charge in [0.25, 0.3) is 0 Å². The highest BCUT2D eigenvalue weighted by molar-refractivity contribution is 7.09. The molecule has 1 aliphatic carbocycles. The maximum absolute atomic E-state index is 4.62. The zero-order valence-electron chi connectivity index (χ0n) is 10.4. The number of hydrogen-bond acceptors (Lipinski definition) is 3. The standard InChI is InChI=1S/C14H14N4S/c1-4-12(18(7-1)10-5-6-10)14-15-13(16-17-14)9-11-3-2-8-19-11/h1-4,7-8,10H,5-6,9H2,(H,15,16,17). The van der Waals surface area contributed by atoms with Crippen molar-refractivity contribution in [1.82, 2.24) is 19.7 Å². The summed E-state index contributed by atoms with van der Waals surface area (Å²) in [5.41, 5.74) is 1.12. The Morgan fingerprint density at radius 2 is 2.26 bits per heavy atom. The molecule has 1 fully saturated rings. The molecule has 4 rings (SSSR count). The van der Waals surface area contributed by atoms with Gasteiger partial charge in [0.15, 0.2) is 5.82 Å². The van der Waals surface area contributed by atoms with Gasteiger partial charge < -0.3 is 4.57 Å². The molecule has 19 heavy (non-hydrogen) atoms. The van der Waals surface area contributed by atoms with Crippen LogP contribution in [0.5, 0.6) is 0 Å². The van der Waals surface area contributed by atoms with E-state index in [4.69, 9.17) is 0 Å². The number of nitrogens with zero attached hydrogens (tertiary/aromatic N) is 3. The van der Waals surface area contributed by atoms with E-state index < -0.39 is 0 Å². The zero-order valence-corrected chi connectivity index (χ0v) is 11.2. The van der Waals surface area contributed by atoms with Crippen molar-refractivity contribution in [2.45, 2.75) is 25.3 Å². The number of aromatic amines is 1. The van der Waals surface area contributed by atoms with Gasteiger partial charge in [0.2, 0.25) is 0 Å². The third-order valence-corrected chi connectivity index (χ3v) is 4.28. The quantitative estimate of drug-likeness (QED) is 0.791. The van der Waals surface area contributed by atoms with Crippen LogP contribution in [0.3, 0.4) is 0 Å². The van der Waals surface area contributed by atoms with Gasteiger partial charge in [0.1, 0.15) is 5.82 Å². The van der Waals surface area contributed by atoms with Crippen molar-refractivity contribution in [3.63, 3.8) is 0 Å². The second-order valence-corrected chi connectivity index (χ2v) is 5.93. The zero-order chi connectivity index (χ0) is 12.7. The van der Waals surface area contributed by atoms with Gasteiger partial charge in [-0.2, -0.15) is 5.10 Å².